The summed E-state index contributed by atoms with van der Waals surface area (Å²) in [5, 5.41) is 28.8. The monoisotopic (exact) mass is 323 g/mol. The first-order valence-corrected chi connectivity index (χ1v) is 6.76. The minimum absolute atomic E-state index is 0.0384. The molecule has 0 saturated heterocycles. The van der Waals surface area contributed by atoms with E-state index >= 15 is 0 Å². The van der Waals surface area contributed by atoms with Crippen LogP contribution in [0.2, 0.25) is 5.02 Å². The van der Waals surface area contributed by atoms with Crippen LogP contribution in [0.15, 0.2) is 24.3 Å². The highest BCUT2D eigenvalue weighted by Crippen LogP contribution is 2.43. The molecule has 22 heavy (non-hydrogen) atoms. The van der Waals surface area contributed by atoms with Gasteiger partial charge in [0.15, 0.2) is 11.5 Å². The van der Waals surface area contributed by atoms with Crippen molar-refractivity contribution in [3.8, 4) is 17.2 Å². The molecule has 0 radical (unpaired) electrons. The number of carbonyl (C=O) groups excluding carboxylic acids is 1. The number of halogens is 2. The second-order valence-corrected chi connectivity index (χ2v) is 5.44. The van der Waals surface area contributed by atoms with Crippen LogP contribution in [0, 0.1) is 5.82 Å². The summed E-state index contributed by atoms with van der Waals surface area (Å²) in [7, 11) is 0. The Morgan fingerprint density at radius 2 is 1.91 bits per heavy atom. The maximum absolute atomic E-state index is 13.1. The molecule has 0 atom stereocenters. The van der Waals surface area contributed by atoms with Crippen molar-refractivity contribution in [2.75, 3.05) is 0 Å². The lowest BCUT2D eigenvalue weighted by atomic mass is 10.1. The maximum atomic E-state index is 13.1. The Morgan fingerprint density at radius 1 is 1.18 bits per heavy atom. The van der Waals surface area contributed by atoms with Gasteiger partial charge >= 0.3 is 0 Å². The smallest absolute Gasteiger partial charge is 0.258 e. The van der Waals surface area contributed by atoms with Crippen LogP contribution >= 0.6 is 11.6 Å². The van der Waals surface area contributed by atoms with Gasteiger partial charge in [0.05, 0.1) is 10.6 Å². The number of phenols is 3. The largest absolute Gasteiger partial charge is 0.504 e. The molecule has 0 saturated carbocycles. The minimum Gasteiger partial charge on any atom is -0.504 e. The van der Waals surface area contributed by atoms with Crippen molar-refractivity contribution in [2.24, 2.45) is 0 Å². The minimum atomic E-state index is -0.723. The molecule has 0 unspecified atom stereocenters. The zero-order chi connectivity index (χ0) is 16.0. The molecule has 3 N–H and O–H groups in total. The van der Waals surface area contributed by atoms with E-state index in [1.54, 1.807) is 0 Å². The van der Waals surface area contributed by atoms with E-state index in [1.165, 1.54) is 29.2 Å². The normalized spacial score (nSPS) is 13.5. The lowest BCUT2D eigenvalue weighted by Crippen LogP contribution is -2.23. The fourth-order valence-electron chi connectivity index (χ4n) is 2.48. The molecule has 5 nitrogen and oxygen atoms in total. The highest BCUT2D eigenvalue weighted by Gasteiger charge is 2.33. The number of fused-ring (bicyclic) bond motifs is 1. The van der Waals surface area contributed by atoms with Crippen LogP contribution in [0.25, 0.3) is 0 Å². The molecule has 2 aromatic carbocycles. The van der Waals surface area contributed by atoms with Gasteiger partial charge in [-0.15, -0.1) is 0 Å². The summed E-state index contributed by atoms with van der Waals surface area (Å²) in [6.07, 6.45) is 0. The second kappa shape index (κ2) is 5.06. The summed E-state index contributed by atoms with van der Waals surface area (Å²) in [5.74, 6) is -2.88. The summed E-state index contributed by atoms with van der Waals surface area (Å²) >= 11 is 5.71. The van der Waals surface area contributed by atoms with Gasteiger partial charge in [0.1, 0.15) is 5.82 Å². The maximum Gasteiger partial charge on any atom is 0.258 e. The molecule has 0 fully saturated rings. The van der Waals surface area contributed by atoms with Crippen molar-refractivity contribution in [2.45, 2.75) is 13.1 Å². The van der Waals surface area contributed by atoms with E-state index in [0.717, 1.165) is 0 Å². The Balaban J connectivity index is 1.91. The van der Waals surface area contributed by atoms with Gasteiger partial charge in [0, 0.05) is 13.1 Å². The van der Waals surface area contributed by atoms with Gasteiger partial charge in [0.2, 0.25) is 5.75 Å². The van der Waals surface area contributed by atoms with Crippen molar-refractivity contribution in [1.29, 1.82) is 0 Å². The number of rotatable bonds is 2. The van der Waals surface area contributed by atoms with E-state index in [4.69, 9.17) is 11.6 Å². The predicted molar refractivity (Wildman–Crippen MR) is 76.4 cm³/mol. The lowest BCUT2D eigenvalue weighted by molar-refractivity contribution is 0.0764. The first-order valence-electron chi connectivity index (χ1n) is 6.38. The zero-order valence-electron chi connectivity index (χ0n) is 11.2. The fraction of sp³-hybridized carbons (Fsp3) is 0.133. The first-order chi connectivity index (χ1) is 10.4. The topological polar surface area (TPSA) is 81.0 Å². The number of hydrogen-bond acceptors (Lipinski definition) is 4. The zero-order valence-corrected chi connectivity index (χ0v) is 11.9. The van der Waals surface area contributed by atoms with Crippen LogP contribution in [0.3, 0.4) is 0 Å². The van der Waals surface area contributed by atoms with Crippen molar-refractivity contribution < 1.29 is 24.5 Å². The van der Waals surface area contributed by atoms with Crippen LogP contribution in [-0.4, -0.2) is 26.1 Å². The van der Waals surface area contributed by atoms with E-state index in [2.05, 4.69) is 0 Å². The molecule has 2 aromatic rings. The van der Waals surface area contributed by atoms with Gasteiger partial charge in [-0.05, 0) is 29.3 Å². The summed E-state index contributed by atoms with van der Waals surface area (Å²) in [6.45, 7) is 0.318. The van der Waals surface area contributed by atoms with Crippen molar-refractivity contribution >= 4 is 17.5 Å². The third-order valence-electron chi connectivity index (χ3n) is 3.56. The molecule has 0 bridgehead atoms. The molecular weight excluding hydrogens is 313 g/mol. The first kappa shape index (κ1) is 14.5. The number of nitrogens with zero attached hydrogens (tertiary/aromatic N) is 1. The molecule has 1 amide bonds. The molecule has 0 aliphatic carbocycles. The van der Waals surface area contributed by atoms with Gasteiger partial charge in [-0.1, -0.05) is 17.7 Å². The Labute approximate surface area is 129 Å². The number of hydrogen-bond donors (Lipinski definition) is 3. The molecule has 0 spiro atoms. The van der Waals surface area contributed by atoms with E-state index in [-0.39, 0.29) is 23.7 Å². The van der Waals surface area contributed by atoms with Crippen molar-refractivity contribution in [3.05, 3.63) is 51.8 Å². The quantitative estimate of drug-likeness (QED) is 0.742. The summed E-state index contributed by atoms with van der Waals surface area (Å²) in [5.41, 5.74) is 0.995. The van der Waals surface area contributed by atoms with Crippen LogP contribution in [-0.2, 0) is 13.1 Å². The highest BCUT2D eigenvalue weighted by molar-refractivity contribution is 6.30. The van der Waals surface area contributed by atoms with Crippen LogP contribution in [0.5, 0.6) is 17.2 Å². The van der Waals surface area contributed by atoms with E-state index in [9.17, 15) is 24.5 Å². The van der Waals surface area contributed by atoms with Gasteiger partial charge < -0.3 is 20.2 Å². The second-order valence-electron chi connectivity index (χ2n) is 5.04. The van der Waals surface area contributed by atoms with Crippen LogP contribution < -0.4 is 0 Å². The third-order valence-corrected chi connectivity index (χ3v) is 3.85. The Bertz CT molecular complexity index is 794. The number of amides is 1. The molecule has 1 aliphatic rings. The van der Waals surface area contributed by atoms with Gasteiger partial charge in [-0.3, -0.25) is 4.79 Å². The lowest BCUT2D eigenvalue weighted by Gasteiger charge is -2.15. The van der Waals surface area contributed by atoms with Gasteiger partial charge in [0.25, 0.3) is 5.91 Å². The third kappa shape index (κ3) is 2.21. The Hall–Kier alpha value is -2.47. The number of benzene rings is 2. The van der Waals surface area contributed by atoms with Crippen molar-refractivity contribution in [3.63, 3.8) is 0 Å². The van der Waals surface area contributed by atoms with Gasteiger partial charge in [-0.2, -0.15) is 0 Å². The predicted octanol–water partition coefficient (Wildman–Crippen LogP) is 2.75. The standard InChI is InChI=1S/C15H11ClFNO4/c16-9-3-7(1-2-10(9)17)5-18-6-8-4-11(19)13(20)14(21)12(8)15(18)22/h1-4,19-21H,5-6H2. The summed E-state index contributed by atoms with van der Waals surface area (Å²) < 4.78 is 13.1. The van der Waals surface area contributed by atoms with E-state index < -0.39 is 29.0 Å². The van der Waals surface area contributed by atoms with Crippen LogP contribution in [0.1, 0.15) is 21.5 Å². The Morgan fingerprint density at radius 3 is 2.59 bits per heavy atom. The van der Waals surface area contributed by atoms with Crippen LogP contribution in [0.4, 0.5) is 4.39 Å². The fourth-order valence-corrected chi connectivity index (χ4v) is 2.69. The number of phenolic OH excluding ortho intramolecular Hbond substituents is 3. The number of carbonyl (C=O) groups is 1. The average Bonchev–Trinajstić information content (AvgIpc) is 2.77. The molecule has 0 aromatic heterocycles. The van der Waals surface area contributed by atoms with E-state index in [0.29, 0.717) is 11.1 Å². The molecular formula is C15H11ClFNO4. The summed E-state index contributed by atoms with van der Waals surface area (Å²) in [6, 6.07) is 5.37. The van der Waals surface area contributed by atoms with Gasteiger partial charge in [-0.25, -0.2) is 4.39 Å². The molecule has 7 heteroatoms. The highest BCUT2D eigenvalue weighted by atomic mass is 35.5. The Kier molecular flexibility index (Phi) is 3.33. The number of aromatic hydroxyl groups is 3. The van der Waals surface area contributed by atoms with E-state index in [1.807, 2.05) is 0 Å². The molecule has 1 heterocycles. The summed E-state index contributed by atoms with van der Waals surface area (Å²) in [4.78, 5) is 13.7. The molecule has 1 aliphatic heterocycles. The average molecular weight is 324 g/mol. The van der Waals surface area contributed by atoms with Crippen molar-refractivity contribution in [1.82, 2.24) is 4.90 Å². The molecule has 114 valence electrons. The molecule has 3 rings (SSSR count). The SMILES string of the molecule is O=C1c2c(cc(O)c(O)c2O)CN1Cc1ccc(F)c(Cl)c1.